The molecule has 2 aromatic rings. The van der Waals surface area contributed by atoms with E-state index in [0.717, 1.165) is 21.7 Å². The van der Waals surface area contributed by atoms with Gasteiger partial charge in [-0.15, -0.1) is 11.3 Å². The molecule has 48 heavy (non-hydrogen) atoms. The van der Waals surface area contributed by atoms with Gasteiger partial charge in [0, 0.05) is 39.1 Å². The van der Waals surface area contributed by atoms with Crippen LogP contribution in [-0.4, -0.2) is 118 Å². The summed E-state index contributed by atoms with van der Waals surface area (Å²) < 4.78 is 5.42. The number of rotatable bonds is 10. The van der Waals surface area contributed by atoms with Crippen LogP contribution in [0.15, 0.2) is 29.8 Å². The molecule has 0 radical (unpaired) electrons. The minimum Gasteiger partial charge on any atom is -0.459 e. The second-order valence-electron chi connectivity index (χ2n) is 15.0. The molecular weight excluding hydrogens is 632 g/mol. The Morgan fingerprint density at radius 1 is 0.979 bits per heavy atom. The summed E-state index contributed by atoms with van der Waals surface area (Å²) >= 11 is 1.58. The summed E-state index contributed by atoms with van der Waals surface area (Å²) in [4.78, 5) is 63.9. The van der Waals surface area contributed by atoms with E-state index in [9.17, 15) is 24.3 Å². The van der Waals surface area contributed by atoms with Crippen LogP contribution >= 0.6 is 11.3 Å². The second kappa shape index (κ2) is 15.4. The average Bonchev–Trinajstić information content (AvgIpc) is 3.60. The summed E-state index contributed by atoms with van der Waals surface area (Å²) in [6.07, 6.45) is -0.734. The monoisotopic (exact) mass is 684 g/mol. The van der Waals surface area contributed by atoms with Gasteiger partial charge in [0.25, 0.3) is 0 Å². The van der Waals surface area contributed by atoms with Gasteiger partial charge in [0.15, 0.2) is 0 Å². The first kappa shape index (κ1) is 37.4. The lowest BCUT2D eigenvalue weighted by Crippen LogP contribution is -2.59. The molecule has 2 saturated heterocycles. The van der Waals surface area contributed by atoms with E-state index in [-0.39, 0.29) is 49.9 Å². The number of β-amino-alcohol motifs (C(OH)–C–C–N with tert-alkyl or cyclic N) is 1. The van der Waals surface area contributed by atoms with Gasteiger partial charge in [0.05, 0.1) is 41.3 Å². The van der Waals surface area contributed by atoms with Crippen molar-refractivity contribution in [1.82, 2.24) is 30.3 Å². The number of aryl methyl sites for hydroxylation is 1. The van der Waals surface area contributed by atoms with E-state index in [0.29, 0.717) is 26.2 Å². The Kier molecular flexibility index (Phi) is 12.0. The standard InChI is InChI=1S/C35H52N6O6S/c1-22(24-9-11-25(12-10-24)30-23(2)36-21-48-30)37-32(45)27-17-26(42)18-41(27)33(46)31(34(3,4)5)38-28(43)19-39-13-15-40(16-14-39)20-29(44)47-35(6,7)8/h9-12,21-22,26-27,31,42H,13-20H2,1-8H3,(H,37,45)(H,38,43)/t22-,26+,27?,31+/m0/s1. The minimum absolute atomic E-state index is 0.0102. The Morgan fingerprint density at radius 2 is 1.58 bits per heavy atom. The van der Waals surface area contributed by atoms with Gasteiger partial charge in [-0.1, -0.05) is 45.0 Å². The zero-order chi connectivity index (χ0) is 35.4. The molecule has 1 aromatic carbocycles. The summed E-state index contributed by atoms with van der Waals surface area (Å²) in [6, 6.07) is 5.86. The molecule has 0 saturated carbocycles. The number of thiazole rings is 1. The average molecular weight is 685 g/mol. The molecule has 3 amide bonds. The van der Waals surface area contributed by atoms with E-state index in [2.05, 4.69) is 15.6 Å². The van der Waals surface area contributed by atoms with Crippen molar-refractivity contribution in [2.45, 2.75) is 91.6 Å². The number of hydrogen-bond acceptors (Lipinski definition) is 10. The van der Waals surface area contributed by atoms with Gasteiger partial charge in [-0.05, 0) is 51.2 Å². The van der Waals surface area contributed by atoms with Gasteiger partial charge in [0.1, 0.15) is 17.7 Å². The van der Waals surface area contributed by atoms with Crippen LogP contribution in [-0.2, 0) is 23.9 Å². The largest absolute Gasteiger partial charge is 0.459 e. The molecule has 1 unspecified atom stereocenters. The maximum Gasteiger partial charge on any atom is 0.320 e. The Hall–Kier alpha value is -3.39. The van der Waals surface area contributed by atoms with Crippen molar-refractivity contribution in [3.05, 3.63) is 41.0 Å². The highest BCUT2D eigenvalue weighted by molar-refractivity contribution is 7.13. The van der Waals surface area contributed by atoms with E-state index in [4.69, 9.17) is 4.74 Å². The number of ether oxygens (including phenoxy) is 1. The highest BCUT2D eigenvalue weighted by atomic mass is 32.1. The predicted octanol–water partition coefficient (Wildman–Crippen LogP) is 2.75. The molecule has 2 aliphatic rings. The number of aliphatic hydroxyl groups excluding tert-OH is 1. The molecule has 4 atom stereocenters. The van der Waals surface area contributed by atoms with Crippen molar-refractivity contribution in [2.75, 3.05) is 45.8 Å². The summed E-state index contributed by atoms with van der Waals surface area (Å²) in [5, 5.41) is 16.5. The van der Waals surface area contributed by atoms with Gasteiger partial charge in [-0.25, -0.2) is 4.98 Å². The number of carbonyl (C=O) groups excluding carboxylic acids is 4. The van der Waals surface area contributed by atoms with E-state index in [1.165, 1.54) is 4.90 Å². The van der Waals surface area contributed by atoms with Gasteiger partial charge < -0.3 is 25.4 Å². The summed E-state index contributed by atoms with van der Waals surface area (Å²) in [5.41, 5.74) is 3.57. The first-order chi connectivity index (χ1) is 22.4. The maximum atomic E-state index is 14.0. The topological polar surface area (TPSA) is 144 Å². The third kappa shape index (κ3) is 10.1. The molecule has 0 aliphatic carbocycles. The second-order valence-corrected chi connectivity index (χ2v) is 15.9. The number of nitrogens with one attached hydrogen (secondary N) is 2. The molecular formula is C35H52N6O6S. The Morgan fingerprint density at radius 3 is 2.12 bits per heavy atom. The number of piperazine rings is 1. The zero-order valence-electron chi connectivity index (χ0n) is 29.5. The van der Waals surface area contributed by atoms with Crippen molar-refractivity contribution in [3.63, 3.8) is 0 Å². The lowest BCUT2D eigenvalue weighted by atomic mass is 9.85. The molecule has 3 heterocycles. The number of benzene rings is 1. The van der Waals surface area contributed by atoms with Crippen molar-refractivity contribution < 1.29 is 29.0 Å². The highest BCUT2D eigenvalue weighted by Gasteiger charge is 2.44. The number of esters is 1. The smallest absolute Gasteiger partial charge is 0.320 e. The number of likely N-dealkylation sites (tertiary alicyclic amines) is 1. The first-order valence-electron chi connectivity index (χ1n) is 16.7. The van der Waals surface area contributed by atoms with E-state index in [1.807, 2.05) is 95.0 Å². The molecule has 2 fully saturated rings. The van der Waals surface area contributed by atoms with Gasteiger partial charge in [-0.3, -0.25) is 29.0 Å². The van der Waals surface area contributed by atoms with Crippen LogP contribution in [0.2, 0.25) is 0 Å². The number of hydrogen-bond donors (Lipinski definition) is 3. The predicted molar refractivity (Wildman–Crippen MR) is 185 cm³/mol. The summed E-state index contributed by atoms with van der Waals surface area (Å²) in [6.45, 7) is 17.7. The van der Waals surface area contributed by atoms with Gasteiger partial charge in [-0.2, -0.15) is 0 Å². The molecule has 0 bridgehead atoms. The molecule has 264 valence electrons. The van der Waals surface area contributed by atoms with Crippen molar-refractivity contribution in [1.29, 1.82) is 0 Å². The first-order valence-corrected chi connectivity index (χ1v) is 17.5. The maximum absolute atomic E-state index is 14.0. The van der Waals surface area contributed by atoms with E-state index < -0.39 is 35.1 Å². The van der Waals surface area contributed by atoms with Crippen LogP contribution in [0.1, 0.15) is 72.2 Å². The Bertz CT molecular complexity index is 1440. The lowest BCUT2D eigenvalue weighted by Gasteiger charge is -2.37. The number of carbonyl (C=O) groups is 4. The summed E-state index contributed by atoms with van der Waals surface area (Å²) in [5.74, 6) is -1.31. The molecule has 13 heteroatoms. The van der Waals surface area contributed by atoms with Crippen LogP contribution < -0.4 is 10.6 Å². The molecule has 2 aliphatic heterocycles. The number of aliphatic hydroxyl groups is 1. The molecule has 0 spiro atoms. The zero-order valence-corrected chi connectivity index (χ0v) is 30.4. The van der Waals surface area contributed by atoms with Crippen LogP contribution in [0.4, 0.5) is 0 Å². The fourth-order valence-corrected chi connectivity index (χ4v) is 6.90. The van der Waals surface area contributed by atoms with E-state index >= 15 is 0 Å². The number of nitrogens with zero attached hydrogens (tertiary/aromatic N) is 4. The fourth-order valence-electron chi connectivity index (χ4n) is 6.09. The van der Waals surface area contributed by atoms with E-state index in [1.54, 1.807) is 11.3 Å². The Balaban J connectivity index is 1.34. The minimum atomic E-state index is -0.903. The van der Waals surface area contributed by atoms with Crippen molar-refractivity contribution in [2.24, 2.45) is 5.41 Å². The van der Waals surface area contributed by atoms with Crippen LogP contribution in [0, 0.1) is 12.3 Å². The number of amides is 3. The quantitative estimate of drug-likeness (QED) is 0.322. The molecule has 12 nitrogen and oxygen atoms in total. The van der Waals surface area contributed by atoms with Crippen molar-refractivity contribution in [3.8, 4) is 10.4 Å². The third-order valence-corrected chi connectivity index (χ3v) is 9.64. The van der Waals surface area contributed by atoms with Crippen LogP contribution in [0.25, 0.3) is 10.4 Å². The fraction of sp³-hybridized carbons (Fsp3) is 0.629. The SMILES string of the molecule is Cc1ncsc1-c1ccc([C@H](C)NC(=O)C2C[C@@H](O)CN2C(=O)[C@@H](NC(=O)CN2CCN(CC(=O)OC(C)(C)C)CC2)C(C)(C)C)cc1. The molecule has 4 rings (SSSR count). The van der Waals surface area contributed by atoms with Crippen LogP contribution in [0.3, 0.4) is 0 Å². The molecule has 3 N–H and O–H groups in total. The normalized spacial score (nSPS) is 20.6. The third-order valence-electron chi connectivity index (χ3n) is 8.67. The molecule has 1 aromatic heterocycles. The number of aromatic nitrogens is 1. The lowest BCUT2D eigenvalue weighted by molar-refractivity contribution is -0.156. The summed E-state index contributed by atoms with van der Waals surface area (Å²) in [7, 11) is 0. The Labute approximate surface area is 288 Å². The van der Waals surface area contributed by atoms with Crippen LogP contribution in [0.5, 0.6) is 0 Å². The van der Waals surface area contributed by atoms with Crippen molar-refractivity contribution >= 4 is 35.0 Å². The highest BCUT2D eigenvalue weighted by Crippen LogP contribution is 2.29. The van der Waals surface area contributed by atoms with Gasteiger partial charge >= 0.3 is 5.97 Å². The van der Waals surface area contributed by atoms with Gasteiger partial charge in [0.2, 0.25) is 17.7 Å².